The third kappa shape index (κ3) is 4.04. The van der Waals surface area contributed by atoms with Gasteiger partial charge in [0.15, 0.2) is 0 Å². The average molecular weight is 293 g/mol. The fraction of sp³-hybridized carbons (Fsp3) is 0.684. The molecule has 1 heteroatoms. The molecule has 20 heavy (non-hydrogen) atoms. The molecule has 114 valence electrons. The lowest BCUT2D eigenvalue weighted by atomic mass is 9.76. The maximum Gasteiger partial charge on any atom is 0.0373 e. The van der Waals surface area contributed by atoms with Gasteiger partial charge >= 0.3 is 0 Å². The molecule has 0 amide bonds. The summed E-state index contributed by atoms with van der Waals surface area (Å²) >= 11 is 4.89. The molecule has 0 aliphatic carbocycles. The van der Waals surface area contributed by atoms with Gasteiger partial charge in [-0.1, -0.05) is 72.2 Å². The van der Waals surface area contributed by atoms with Crippen molar-refractivity contribution >= 4 is 12.6 Å². The fourth-order valence-electron chi connectivity index (χ4n) is 3.02. The van der Waals surface area contributed by atoms with E-state index < -0.39 is 0 Å². The highest BCUT2D eigenvalue weighted by molar-refractivity contribution is 7.81. The molecular weight excluding hydrogens is 260 g/mol. The quantitative estimate of drug-likeness (QED) is 0.556. The van der Waals surface area contributed by atoms with Crippen LogP contribution >= 0.6 is 12.6 Å². The molecule has 0 aromatic heterocycles. The van der Waals surface area contributed by atoms with Gasteiger partial charge in [-0.25, -0.2) is 0 Å². The Labute approximate surface area is 131 Å². The van der Waals surface area contributed by atoms with Crippen LogP contribution in [0.1, 0.15) is 78.4 Å². The molecule has 0 radical (unpaired) electrons. The first-order valence-electron chi connectivity index (χ1n) is 8.12. The molecule has 0 N–H and O–H groups in total. The van der Waals surface area contributed by atoms with E-state index in [9.17, 15) is 0 Å². The minimum Gasteiger partial charge on any atom is -0.168 e. The minimum atomic E-state index is 0.0272. The molecule has 0 spiro atoms. The lowest BCUT2D eigenvalue weighted by molar-refractivity contribution is 0.372. The van der Waals surface area contributed by atoms with Crippen molar-refractivity contribution in [2.24, 2.45) is 5.92 Å². The van der Waals surface area contributed by atoms with Gasteiger partial charge in [0.25, 0.3) is 0 Å². The van der Waals surface area contributed by atoms with Crippen molar-refractivity contribution in [3.63, 3.8) is 0 Å². The lowest BCUT2D eigenvalue weighted by Crippen LogP contribution is -2.21. The second kappa shape index (κ2) is 7.02. The van der Waals surface area contributed by atoms with Crippen LogP contribution < -0.4 is 0 Å². The summed E-state index contributed by atoms with van der Waals surface area (Å²) in [6.07, 6.45) is 4.65. The van der Waals surface area contributed by atoms with Crippen molar-refractivity contribution < 1.29 is 0 Å². The summed E-state index contributed by atoms with van der Waals surface area (Å²) in [6.45, 7) is 13.8. The summed E-state index contributed by atoms with van der Waals surface area (Å²) in [6, 6.07) is 9.20. The van der Waals surface area contributed by atoms with E-state index in [1.165, 1.54) is 24.0 Å². The van der Waals surface area contributed by atoms with Gasteiger partial charge in [0.1, 0.15) is 0 Å². The molecule has 1 unspecified atom stereocenters. The summed E-state index contributed by atoms with van der Waals surface area (Å²) in [4.78, 5) is 0. The van der Waals surface area contributed by atoms with Crippen LogP contribution in [0.4, 0.5) is 0 Å². The van der Waals surface area contributed by atoms with Crippen molar-refractivity contribution in [2.75, 3.05) is 0 Å². The Hall–Kier alpha value is -0.430. The second-order valence-electron chi connectivity index (χ2n) is 6.92. The number of thiol groups is 1. The molecule has 0 saturated heterocycles. The van der Waals surface area contributed by atoms with E-state index >= 15 is 0 Å². The van der Waals surface area contributed by atoms with Crippen LogP contribution in [-0.2, 0) is 10.2 Å². The third-order valence-corrected chi connectivity index (χ3v) is 5.82. The monoisotopic (exact) mass is 292 g/mol. The van der Waals surface area contributed by atoms with Crippen LogP contribution in [0.25, 0.3) is 0 Å². The van der Waals surface area contributed by atoms with Gasteiger partial charge in [-0.15, -0.1) is 0 Å². The summed E-state index contributed by atoms with van der Waals surface area (Å²) in [5.74, 6) is 0.778. The van der Waals surface area contributed by atoms with E-state index in [-0.39, 0.29) is 10.2 Å². The van der Waals surface area contributed by atoms with Crippen molar-refractivity contribution in [2.45, 2.75) is 77.4 Å². The molecule has 1 rings (SSSR count). The first kappa shape index (κ1) is 17.6. The first-order valence-corrected chi connectivity index (χ1v) is 8.57. The smallest absolute Gasteiger partial charge is 0.0373 e. The molecule has 0 bridgehead atoms. The normalized spacial score (nSPS) is 14.3. The predicted molar refractivity (Wildman–Crippen MR) is 94.8 cm³/mol. The van der Waals surface area contributed by atoms with Gasteiger partial charge in [0, 0.05) is 4.75 Å². The Kier molecular flexibility index (Phi) is 6.19. The van der Waals surface area contributed by atoms with Crippen molar-refractivity contribution in [1.82, 2.24) is 0 Å². The molecule has 1 aromatic carbocycles. The SMILES string of the molecule is CCC(C)CC(C)(C)c1ccc(C(S)(CC)CC)cc1. The molecule has 0 aliphatic heterocycles. The molecule has 0 aliphatic rings. The molecular formula is C19H32S. The van der Waals surface area contributed by atoms with Gasteiger partial charge in [-0.2, -0.15) is 12.6 Å². The van der Waals surface area contributed by atoms with Gasteiger partial charge in [-0.3, -0.25) is 0 Å². The highest BCUT2D eigenvalue weighted by Gasteiger charge is 2.26. The molecule has 0 heterocycles. The van der Waals surface area contributed by atoms with Crippen molar-refractivity contribution in [3.8, 4) is 0 Å². The summed E-state index contributed by atoms with van der Waals surface area (Å²) < 4.78 is 0.0272. The van der Waals surface area contributed by atoms with Crippen LogP contribution in [0, 0.1) is 5.92 Å². The number of benzene rings is 1. The van der Waals surface area contributed by atoms with E-state index in [0.29, 0.717) is 0 Å². The van der Waals surface area contributed by atoms with Crippen LogP contribution in [0.2, 0.25) is 0 Å². The molecule has 1 aromatic rings. The second-order valence-corrected chi connectivity index (χ2v) is 7.77. The highest BCUT2D eigenvalue weighted by Crippen LogP contribution is 2.37. The zero-order valence-corrected chi connectivity index (χ0v) is 15.1. The largest absolute Gasteiger partial charge is 0.168 e. The van der Waals surface area contributed by atoms with Gasteiger partial charge in [-0.05, 0) is 41.7 Å². The van der Waals surface area contributed by atoms with Gasteiger partial charge in [0.2, 0.25) is 0 Å². The van der Waals surface area contributed by atoms with E-state index in [1.807, 2.05) is 0 Å². The summed E-state index contributed by atoms with van der Waals surface area (Å²) in [5.41, 5.74) is 3.06. The zero-order valence-electron chi connectivity index (χ0n) is 14.2. The maximum atomic E-state index is 4.89. The summed E-state index contributed by atoms with van der Waals surface area (Å²) in [7, 11) is 0. The fourth-order valence-corrected chi connectivity index (χ4v) is 3.17. The molecule has 1 atom stereocenters. The Morgan fingerprint density at radius 2 is 1.40 bits per heavy atom. The summed E-state index contributed by atoms with van der Waals surface area (Å²) in [5, 5.41) is 0. The molecule has 0 nitrogen and oxygen atoms in total. The van der Waals surface area contributed by atoms with Gasteiger partial charge < -0.3 is 0 Å². The molecule has 0 saturated carbocycles. The standard InChI is InChI=1S/C19H32S/c1-7-15(4)14-18(5,6)16-10-12-17(13-11-16)19(20,8-2)9-3/h10-13,15,20H,7-9,14H2,1-6H3. The van der Waals surface area contributed by atoms with E-state index in [0.717, 1.165) is 18.8 Å². The average Bonchev–Trinajstić information content (AvgIpc) is 2.46. The third-order valence-electron chi connectivity index (χ3n) is 4.93. The van der Waals surface area contributed by atoms with Crippen molar-refractivity contribution in [3.05, 3.63) is 35.4 Å². The first-order chi connectivity index (χ1) is 9.29. The Bertz CT molecular complexity index is 398. The molecule has 0 fully saturated rings. The van der Waals surface area contributed by atoms with Crippen LogP contribution in [0.3, 0.4) is 0 Å². The number of hydrogen-bond acceptors (Lipinski definition) is 1. The zero-order chi connectivity index (χ0) is 15.4. The Morgan fingerprint density at radius 1 is 0.950 bits per heavy atom. The Morgan fingerprint density at radius 3 is 1.80 bits per heavy atom. The highest BCUT2D eigenvalue weighted by atomic mass is 32.1. The van der Waals surface area contributed by atoms with Crippen molar-refractivity contribution in [1.29, 1.82) is 0 Å². The lowest BCUT2D eigenvalue weighted by Gasteiger charge is -2.30. The van der Waals surface area contributed by atoms with E-state index in [2.05, 4.69) is 65.8 Å². The maximum absolute atomic E-state index is 4.89. The number of rotatable bonds is 7. The topological polar surface area (TPSA) is 0 Å². The Balaban J connectivity index is 2.96. The van der Waals surface area contributed by atoms with Crippen LogP contribution in [-0.4, -0.2) is 0 Å². The van der Waals surface area contributed by atoms with E-state index in [1.54, 1.807) is 0 Å². The van der Waals surface area contributed by atoms with E-state index in [4.69, 9.17) is 12.6 Å². The predicted octanol–water partition coefficient (Wildman–Crippen LogP) is 6.35. The number of hydrogen-bond donors (Lipinski definition) is 1. The van der Waals surface area contributed by atoms with Gasteiger partial charge in [0.05, 0.1) is 0 Å². The minimum absolute atomic E-state index is 0.0272. The van der Waals surface area contributed by atoms with Crippen LogP contribution in [0.5, 0.6) is 0 Å². The van der Waals surface area contributed by atoms with Crippen LogP contribution in [0.15, 0.2) is 24.3 Å².